The van der Waals surface area contributed by atoms with Crippen molar-refractivity contribution in [1.82, 2.24) is 4.98 Å². The van der Waals surface area contributed by atoms with Crippen molar-refractivity contribution in [3.63, 3.8) is 0 Å². The van der Waals surface area contributed by atoms with Gasteiger partial charge in [0.1, 0.15) is 11.5 Å². The van der Waals surface area contributed by atoms with Crippen molar-refractivity contribution in [2.24, 2.45) is 0 Å². The van der Waals surface area contributed by atoms with Gasteiger partial charge in [-0.1, -0.05) is 6.07 Å². The smallest absolute Gasteiger partial charge is 0.248 e. The van der Waals surface area contributed by atoms with E-state index in [1.165, 1.54) is 6.08 Å². The van der Waals surface area contributed by atoms with E-state index in [2.05, 4.69) is 26.2 Å². The predicted molar refractivity (Wildman–Crippen MR) is 100 cm³/mol. The summed E-state index contributed by atoms with van der Waals surface area (Å²) in [5.74, 6) is 1.14. The summed E-state index contributed by atoms with van der Waals surface area (Å²) in [7, 11) is 0. The van der Waals surface area contributed by atoms with E-state index < -0.39 is 0 Å². The van der Waals surface area contributed by atoms with Gasteiger partial charge in [-0.25, -0.2) is 0 Å². The Morgan fingerprint density at radius 2 is 1.96 bits per heavy atom. The molecule has 0 atom stereocenters. The Hall–Kier alpha value is -2.44. The fraction of sp³-hybridized carbons (Fsp3) is 0. The number of amides is 1. The molecule has 6 heteroatoms. The molecule has 0 unspecified atom stereocenters. The molecule has 1 aromatic carbocycles. The lowest BCUT2D eigenvalue weighted by atomic mass is 10.3. The van der Waals surface area contributed by atoms with Crippen LogP contribution in [0.3, 0.4) is 0 Å². The van der Waals surface area contributed by atoms with Crippen molar-refractivity contribution in [2.45, 2.75) is 0 Å². The molecule has 4 nitrogen and oxygen atoms in total. The van der Waals surface area contributed by atoms with Crippen molar-refractivity contribution >= 4 is 44.9 Å². The molecule has 2 heterocycles. The quantitative estimate of drug-likeness (QED) is 0.587. The molecule has 120 valence electrons. The molecule has 1 N–H and O–H groups in total. The summed E-state index contributed by atoms with van der Waals surface area (Å²) in [6.45, 7) is 0. The van der Waals surface area contributed by atoms with Gasteiger partial charge in [0.2, 0.25) is 5.91 Å². The Balaban J connectivity index is 1.63. The van der Waals surface area contributed by atoms with Gasteiger partial charge in [0.15, 0.2) is 0 Å². The van der Waals surface area contributed by atoms with E-state index in [4.69, 9.17) is 4.74 Å². The van der Waals surface area contributed by atoms with Crippen LogP contribution in [0.5, 0.6) is 11.5 Å². The van der Waals surface area contributed by atoms with Crippen LogP contribution in [-0.4, -0.2) is 10.9 Å². The largest absolute Gasteiger partial charge is 0.457 e. The highest BCUT2D eigenvalue weighted by molar-refractivity contribution is 9.11. The first-order valence-corrected chi connectivity index (χ1v) is 8.72. The molecule has 0 saturated carbocycles. The number of hydrogen-bond acceptors (Lipinski definition) is 4. The molecule has 0 spiro atoms. The van der Waals surface area contributed by atoms with E-state index in [1.807, 2.05) is 30.3 Å². The second-order valence-corrected chi connectivity index (χ2v) is 7.27. The van der Waals surface area contributed by atoms with Crippen molar-refractivity contribution in [3.05, 3.63) is 75.7 Å². The van der Waals surface area contributed by atoms with Crippen LogP contribution in [0.25, 0.3) is 6.08 Å². The lowest BCUT2D eigenvalue weighted by Gasteiger charge is -2.07. The molecular formula is C18H13BrN2O2S. The van der Waals surface area contributed by atoms with Gasteiger partial charge in [0.05, 0.1) is 3.79 Å². The maximum atomic E-state index is 12.0. The maximum absolute atomic E-state index is 12.0. The molecule has 0 aliphatic heterocycles. The van der Waals surface area contributed by atoms with Crippen LogP contribution in [0, 0.1) is 0 Å². The number of ether oxygens (including phenoxy) is 1. The zero-order valence-electron chi connectivity index (χ0n) is 12.5. The number of anilines is 1. The molecule has 2 aromatic heterocycles. The minimum atomic E-state index is -0.194. The molecule has 3 rings (SSSR count). The van der Waals surface area contributed by atoms with E-state index in [0.29, 0.717) is 17.2 Å². The first-order valence-electron chi connectivity index (χ1n) is 7.11. The molecule has 24 heavy (non-hydrogen) atoms. The summed E-state index contributed by atoms with van der Waals surface area (Å²) >= 11 is 4.96. The van der Waals surface area contributed by atoms with Gasteiger partial charge in [-0.05, 0) is 58.4 Å². The van der Waals surface area contributed by atoms with Gasteiger partial charge >= 0.3 is 0 Å². The van der Waals surface area contributed by atoms with Crippen molar-refractivity contribution < 1.29 is 9.53 Å². The molecule has 0 aliphatic carbocycles. The fourth-order valence-electron chi connectivity index (χ4n) is 1.94. The summed E-state index contributed by atoms with van der Waals surface area (Å²) in [6.07, 6.45) is 6.61. The maximum Gasteiger partial charge on any atom is 0.248 e. The first kappa shape index (κ1) is 16.4. The van der Waals surface area contributed by atoms with Crippen LogP contribution in [0.2, 0.25) is 0 Å². The molecule has 0 saturated heterocycles. The number of carbonyl (C=O) groups excluding carboxylic acids is 1. The number of nitrogens with zero attached hydrogens (tertiary/aromatic N) is 1. The number of carbonyl (C=O) groups is 1. The fourth-order valence-corrected chi connectivity index (χ4v) is 3.27. The van der Waals surface area contributed by atoms with Gasteiger partial charge in [-0.2, -0.15) is 0 Å². The Morgan fingerprint density at radius 3 is 2.71 bits per heavy atom. The number of hydrogen-bond donors (Lipinski definition) is 1. The van der Waals surface area contributed by atoms with Crippen LogP contribution >= 0.6 is 27.3 Å². The van der Waals surface area contributed by atoms with E-state index in [-0.39, 0.29) is 5.91 Å². The van der Waals surface area contributed by atoms with Gasteiger partial charge in [-0.15, -0.1) is 11.3 Å². The lowest BCUT2D eigenvalue weighted by molar-refractivity contribution is -0.111. The van der Waals surface area contributed by atoms with Crippen molar-refractivity contribution in [1.29, 1.82) is 0 Å². The number of pyridine rings is 1. The highest BCUT2D eigenvalue weighted by Gasteiger charge is 2.02. The number of aromatic nitrogens is 1. The van der Waals surface area contributed by atoms with E-state index in [1.54, 1.807) is 48.0 Å². The first-order chi connectivity index (χ1) is 11.7. The van der Waals surface area contributed by atoms with Gasteiger partial charge in [-0.3, -0.25) is 9.78 Å². The summed E-state index contributed by atoms with van der Waals surface area (Å²) in [5.41, 5.74) is 0.670. The third-order valence-electron chi connectivity index (χ3n) is 2.98. The van der Waals surface area contributed by atoms with E-state index >= 15 is 0 Å². The SMILES string of the molecule is O=C(/C=C\c1ccc(Br)s1)Nc1cccc(Oc2ccncc2)c1. The van der Waals surface area contributed by atoms with E-state index in [9.17, 15) is 4.79 Å². The summed E-state index contributed by atoms with van der Waals surface area (Å²) in [5, 5.41) is 2.82. The zero-order chi connectivity index (χ0) is 16.8. The molecule has 0 fully saturated rings. The van der Waals surface area contributed by atoms with Crippen LogP contribution in [0.4, 0.5) is 5.69 Å². The second kappa shape index (κ2) is 7.90. The normalized spacial score (nSPS) is 10.7. The van der Waals surface area contributed by atoms with Crippen LogP contribution in [0.1, 0.15) is 4.88 Å². The van der Waals surface area contributed by atoms with Gasteiger partial charge in [0, 0.05) is 35.1 Å². The molecule has 0 radical (unpaired) electrons. The number of nitrogens with one attached hydrogen (secondary N) is 1. The summed E-state index contributed by atoms with van der Waals surface area (Å²) in [4.78, 5) is 17.0. The van der Waals surface area contributed by atoms with Crippen LogP contribution in [-0.2, 0) is 4.79 Å². The minimum Gasteiger partial charge on any atom is -0.457 e. The summed E-state index contributed by atoms with van der Waals surface area (Å²) < 4.78 is 6.75. The Bertz CT molecular complexity index is 862. The minimum absolute atomic E-state index is 0.194. The summed E-state index contributed by atoms with van der Waals surface area (Å²) in [6, 6.07) is 14.7. The van der Waals surface area contributed by atoms with Gasteiger partial charge in [0.25, 0.3) is 0 Å². The molecular weight excluding hydrogens is 388 g/mol. The number of halogens is 1. The standard InChI is InChI=1S/C18H13BrN2O2S/c19-17-6-4-16(24-17)5-7-18(22)21-13-2-1-3-15(12-13)23-14-8-10-20-11-9-14/h1-12H,(H,21,22)/b7-5-. The number of benzene rings is 1. The lowest BCUT2D eigenvalue weighted by Crippen LogP contribution is -2.07. The topological polar surface area (TPSA) is 51.2 Å². The third kappa shape index (κ3) is 4.78. The predicted octanol–water partition coefficient (Wildman–Crippen LogP) is 5.35. The monoisotopic (exact) mass is 400 g/mol. The molecule has 1 amide bonds. The second-order valence-electron chi connectivity index (χ2n) is 4.78. The molecule has 0 aliphatic rings. The van der Waals surface area contributed by atoms with Crippen molar-refractivity contribution in [2.75, 3.05) is 5.32 Å². The Kier molecular flexibility index (Phi) is 5.40. The average molecular weight is 401 g/mol. The third-order valence-corrected chi connectivity index (χ3v) is 4.57. The van der Waals surface area contributed by atoms with Crippen LogP contribution < -0.4 is 10.1 Å². The Morgan fingerprint density at radius 1 is 1.12 bits per heavy atom. The molecule has 0 bridgehead atoms. The van der Waals surface area contributed by atoms with E-state index in [0.717, 1.165) is 8.66 Å². The zero-order valence-corrected chi connectivity index (χ0v) is 14.9. The van der Waals surface area contributed by atoms with Crippen molar-refractivity contribution in [3.8, 4) is 11.5 Å². The molecule has 3 aromatic rings. The number of thiophene rings is 1. The number of rotatable bonds is 5. The van der Waals surface area contributed by atoms with Gasteiger partial charge < -0.3 is 10.1 Å². The highest BCUT2D eigenvalue weighted by Crippen LogP contribution is 2.24. The Labute approximate surface area is 152 Å². The average Bonchev–Trinajstić information content (AvgIpc) is 3.00. The highest BCUT2D eigenvalue weighted by atomic mass is 79.9. The van der Waals surface area contributed by atoms with Crippen LogP contribution in [0.15, 0.2) is 70.8 Å².